The third-order valence-electron chi connectivity index (χ3n) is 12.0. The first-order chi connectivity index (χ1) is 18.8. The van der Waals surface area contributed by atoms with Crippen LogP contribution < -0.4 is 10.6 Å². The lowest BCUT2D eigenvalue weighted by Crippen LogP contribution is -2.49. The van der Waals surface area contributed by atoms with Crippen LogP contribution in [0.25, 0.3) is 0 Å². The number of unbranched alkanes of at least 4 members (excludes halogenated alkanes) is 1. The van der Waals surface area contributed by atoms with E-state index in [1.807, 2.05) is 12.3 Å². The number of pyridine rings is 1. The zero-order chi connectivity index (χ0) is 27.9. The maximum atomic E-state index is 11.6. The summed E-state index contributed by atoms with van der Waals surface area (Å²) in [6.45, 7) is 15.0. The molecule has 3 saturated carbocycles. The largest absolute Gasteiger partial charge is 0.314 e. The zero-order valence-electron chi connectivity index (χ0n) is 25.9. The summed E-state index contributed by atoms with van der Waals surface area (Å²) < 4.78 is 0. The Morgan fingerprint density at radius 2 is 1.79 bits per heavy atom. The maximum absolute atomic E-state index is 11.6. The van der Waals surface area contributed by atoms with Gasteiger partial charge in [0, 0.05) is 25.2 Å². The second-order valence-electron chi connectivity index (χ2n) is 14.3. The van der Waals surface area contributed by atoms with Crippen molar-refractivity contribution in [3.05, 3.63) is 30.1 Å². The van der Waals surface area contributed by atoms with Gasteiger partial charge in [0.15, 0.2) is 0 Å². The number of fused-ring (bicyclic) bond motifs is 1. The van der Waals surface area contributed by atoms with Crippen LogP contribution in [0.3, 0.4) is 0 Å². The smallest absolute Gasteiger partial charge is 0.129 e. The molecule has 7 unspecified atom stereocenters. The monoisotopic (exact) mass is 537 g/mol. The number of hydrogen-bond donors (Lipinski definition) is 2. The molecule has 4 nitrogen and oxygen atoms in total. The average molecular weight is 538 g/mol. The SMILES string of the molecule is CC[C@H]1CC(NCCCCNCc2ccccn2)CCC1(C)C1CCC2(C)C(CCC2C(C)CCC(C)=O)C1. The number of aromatic nitrogens is 1. The van der Waals surface area contributed by atoms with Crippen LogP contribution in [0.15, 0.2) is 24.4 Å². The van der Waals surface area contributed by atoms with Gasteiger partial charge in [-0.3, -0.25) is 4.98 Å². The minimum absolute atomic E-state index is 0.363. The van der Waals surface area contributed by atoms with Crippen LogP contribution in [0, 0.1) is 40.4 Å². The summed E-state index contributed by atoms with van der Waals surface area (Å²) in [5.74, 6) is 4.53. The first-order valence-corrected chi connectivity index (χ1v) is 16.6. The van der Waals surface area contributed by atoms with Crippen LogP contribution in [-0.4, -0.2) is 29.9 Å². The van der Waals surface area contributed by atoms with Gasteiger partial charge in [-0.1, -0.05) is 40.2 Å². The first kappa shape index (κ1) is 30.7. The molecule has 0 amide bonds. The first-order valence-electron chi connectivity index (χ1n) is 16.6. The molecular weight excluding hydrogens is 478 g/mol. The summed E-state index contributed by atoms with van der Waals surface area (Å²) >= 11 is 0. The molecule has 1 aromatic heterocycles. The fourth-order valence-electron chi connectivity index (χ4n) is 9.41. The summed E-state index contributed by atoms with van der Waals surface area (Å²) in [7, 11) is 0. The van der Waals surface area contributed by atoms with Crippen molar-refractivity contribution < 1.29 is 4.79 Å². The Balaban J connectivity index is 1.20. The summed E-state index contributed by atoms with van der Waals surface area (Å²) in [6.07, 6.45) is 18.8. The van der Waals surface area contributed by atoms with Crippen molar-refractivity contribution in [2.45, 2.75) is 131 Å². The zero-order valence-corrected chi connectivity index (χ0v) is 25.9. The number of carbonyl (C=O) groups is 1. The van der Waals surface area contributed by atoms with Crippen molar-refractivity contribution in [2.75, 3.05) is 13.1 Å². The van der Waals surface area contributed by atoms with E-state index >= 15 is 0 Å². The number of Topliss-reactive ketones (excluding diaryl/α,β-unsaturated/α-hetero) is 1. The molecule has 0 aliphatic heterocycles. The molecule has 0 bridgehead atoms. The fourth-order valence-corrected chi connectivity index (χ4v) is 9.41. The molecule has 3 aliphatic rings. The van der Waals surface area contributed by atoms with E-state index < -0.39 is 0 Å². The average Bonchev–Trinajstić information content (AvgIpc) is 3.28. The van der Waals surface area contributed by atoms with Gasteiger partial charge in [0.25, 0.3) is 0 Å². The molecule has 1 aromatic rings. The van der Waals surface area contributed by atoms with Crippen LogP contribution in [0.4, 0.5) is 0 Å². The second kappa shape index (κ2) is 14.1. The predicted molar refractivity (Wildman–Crippen MR) is 163 cm³/mol. The Bertz CT molecular complexity index is 889. The number of carbonyl (C=O) groups excluding carboxylic acids is 1. The van der Waals surface area contributed by atoms with Crippen molar-refractivity contribution in [1.29, 1.82) is 0 Å². The van der Waals surface area contributed by atoms with E-state index in [0.717, 1.165) is 61.8 Å². The van der Waals surface area contributed by atoms with E-state index in [0.29, 0.717) is 28.6 Å². The summed E-state index contributed by atoms with van der Waals surface area (Å²) in [4.78, 5) is 16.0. The van der Waals surface area contributed by atoms with Crippen LogP contribution in [0.5, 0.6) is 0 Å². The Morgan fingerprint density at radius 1 is 1.03 bits per heavy atom. The third kappa shape index (κ3) is 7.53. The van der Waals surface area contributed by atoms with E-state index in [9.17, 15) is 4.79 Å². The van der Waals surface area contributed by atoms with E-state index in [4.69, 9.17) is 0 Å². The van der Waals surface area contributed by atoms with Crippen LogP contribution in [0.1, 0.15) is 124 Å². The van der Waals surface area contributed by atoms with Gasteiger partial charge in [-0.2, -0.15) is 0 Å². The highest BCUT2D eigenvalue weighted by molar-refractivity contribution is 5.75. The second-order valence-corrected chi connectivity index (χ2v) is 14.3. The fraction of sp³-hybridized carbons (Fsp3) is 0.829. The minimum Gasteiger partial charge on any atom is -0.314 e. The molecule has 4 rings (SSSR count). The van der Waals surface area contributed by atoms with Crippen molar-refractivity contribution in [3.8, 4) is 0 Å². The summed E-state index contributed by atoms with van der Waals surface area (Å²) in [5.41, 5.74) is 2.15. The predicted octanol–water partition coefficient (Wildman–Crippen LogP) is 7.96. The van der Waals surface area contributed by atoms with Crippen molar-refractivity contribution in [1.82, 2.24) is 15.6 Å². The molecule has 2 N–H and O–H groups in total. The number of nitrogens with zero attached hydrogens (tertiary/aromatic N) is 1. The van der Waals surface area contributed by atoms with Gasteiger partial charge in [0.2, 0.25) is 0 Å². The van der Waals surface area contributed by atoms with Gasteiger partial charge in [-0.15, -0.1) is 0 Å². The van der Waals surface area contributed by atoms with Gasteiger partial charge in [-0.25, -0.2) is 0 Å². The topological polar surface area (TPSA) is 54.0 Å². The normalized spacial score (nSPS) is 35.5. The highest BCUT2D eigenvalue weighted by Gasteiger charge is 2.54. The van der Waals surface area contributed by atoms with Gasteiger partial charge in [0.1, 0.15) is 5.78 Å². The maximum Gasteiger partial charge on any atom is 0.129 e. The number of ketones is 1. The Kier molecular flexibility index (Phi) is 11.1. The van der Waals surface area contributed by atoms with Gasteiger partial charge in [-0.05, 0) is 143 Å². The van der Waals surface area contributed by atoms with Gasteiger partial charge >= 0.3 is 0 Å². The molecule has 39 heavy (non-hydrogen) atoms. The standard InChI is InChI=1S/C35H59N3O/c1-6-28-24-31(37-22-10-9-20-36-25-32-11-7-8-21-38-32)17-19-34(28,4)30-16-18-35(5)29(23-30)14-15-33(35)26(2)12-13-27(3)39/h7-8,11,21,26,28-31,33,36-37H,6,9-10,12-20,22-25H2,1-5H3/t26?,28-,29?,30?,31?,33?,34?,35?/m0/s1. The highest BCUT2D eigenvalue weighted by atomic mass is 16.1. The lowest BCUT2D eigenvalue weighted by Gasteiger charge is -2.54. The summed E-state index contributed by atoms with van der Waals surface area (Å²) in [6, 6.07) is 6.83. The molecule has 3 fully saturated rings. The molecule has 0 spiro atoms. The lowest BCUT2D eigenvalue weighted by molar-refractivity contribution is -0.117. The minimum atomic E-state index is 0.363. The van der Waals surface area contributed by atoms with Gasteiger partial charge < -0.3 is 15.4 Å². The lowest BCUT2D eigenvalue weighted by atomic mass is 9.51. The Morgan fingerprint density at radius 3 is 2.54 bits per heavy atom. The molecule has 220 valence electrons. The molecule has 4 heteroatoms. The molecule has 1 heterocycles. The number of nitrogens with one attached hydrogen (secondary N) is 2. The highest BCUT2D eigenvalue weighted by Crippen LogP contribution is 2.63. The molecule has 3 aliphatic carbocycles. The quantitative estimate of drug-likeness (QED) is 0.236. The van der Waals surface area contributed by atoms with Crippen molar-refractivity contribution in [3.63, 3.8) is 0 Å². The molecule has 8 atom stereocenters. The van der Waals surface area contributed by atoms with Crippen LogP contribution in [0.2, 0.25) is 0 Å². The Labute approximate surface area is 240 Å². The van der Waals surface area contributed by atoms with Crippen molar-refractivity contribution >= 4 is 5.78 Å². The van der Waals surface area contributed by atoms with Gasteiger partial charge in [0.05, 0.1) is 5.69 Å². The Hall–Kier alpha value is -1.26. The number of hydrogen-bond acceptors (Lipinski definition) is 4. The van der Waals surface area contributed by atoms with E-state index in [2.05, 4.69) is 55.4 Å². The molecule has 0 aromatic carbocycles. The van der Waals surface area contributed by atoms with E-state index in [1.165, 1.54) is 70.6 Å². The third-order valence-corrected chi connectivity index (χ3v) is 12.0. The molecular formula is C35H59N3O. The number of rotatable bonds is 14. The van der Waals surface area contributed by atoms with E-state index in [1.54, 1.807) is 6.92 Å². The molecule has 0 radical (unpaired) electrons. The van der Waals surface area contributed by atoms with E-state index in [-0.39, 0.29) is 0 Å². The van der Waals surface area contributed by atoms with Crippen LogP contribution >= 0.6 is 0 Å². The van der Waals surface area contributed by atoms with Crippen LogP contribution in [-0.2, 0) is 11.3 Å². The summed E-state index contributed by atoms with van der Waals surface area (Å²) in [5, 5.41) is 7.49. The van der Waals surface area contributed by atoms with Crippen molar-refractivity contribution in [2.24, 2.45) is 40.4 Å². The molecule has 0 saturated heterocycles.